The van der Waals surface area contributed by atoms with Crippen LogP contribution >= 0.6 is 0 Å². The van der Waals surface area contributed by atoms with Crippen LogP contribution < -0.4 is 16.4 Å². The minimum absolute atomic E-state index is 0.400. The van der Waals surface area contributed by atoms with Crippen molar-refractivity contribution in [1.82, 2.24) is 0 Å². The lowest BCUT2D eigenvalue weighted by atomic mass is 9.96. The molecule has 19 heavy (non-hydrogen) atoms. The molecule has 4 nitrogen and oxygen atoms in total. The normalized spacial score (nSPS) is 19.4. The molecule has 104 valence electrons. The second kappa shape index (κ2) is 5.95. The van der Waals surface area contributed by atoms with E-state index in [-0.39, 0.29) is 0 Å². The lowest BCUT2D eigenvalue weighted by Crippen LogP contribution is -2.41. The Bertz CT molecular complexity index is 457. The van der Waals surface area contributed by atoms with Gasteiger partial charge in [0.25, 0.3) is 5.91 Å². The molecule has 4 heteroatoms. The third-order valence-electron chi connectivity index (χ3n) is 3.87. The molecule has 0 radical (unpaired) electrons. The number of nitrogens with zero attached hydrogens (tertiary/aromatic N) is 1. The zero-order valence-corrected chi connectivity index (χ0v) is 11.6. The summed E-state index contributed by atoms with van der Waals surface area (Å²) in [6.07, 6.45) is 5.83. The summed E-state index contributed by atoms with van der Waals surface area (Å²) in [6.45, 7) is 3.15. The number of primary amides is 1. The van der Waals surface area contributed by atoms with Crippen molar-refractivity contribution in [3.63, 3.8) is 0 Å². The number of benzene rings is 1. The molecule has 4 N–H and O–H groups in total. The van der Waals surface area contributed by atoms with Crippen LogP contribution in [0.1, 0.15) is 49.4 Å². The van der Waals surface area contributed by atoms with Crippen LogP contribution in [0.3, 0.4) is 0 Å². The van der Waals surface area contributed by atoms with Crippen molar-refractivity contribution in [3.05, 3.63) is 23.8 Å². The fourth-order valence-corrected chi connectivity index (χ4v) is 3.01. The highest BCUT2D eigenvalue weighted by atomic mass is 16.1. The molecule has 1 aliphatic heterocycles. The predicted octanol–water partition coefficient (Wildman–Crippen LogP) is 2.53. The van der Waals surface area contributed by atoms with Gasteiger partial charge in [-0.1, -0.05) is 19.4 Å². The lowest BCUT2D eigenvalue weighted by molar-refractivity contribution is 0.100. The Balaban J connectivity index is 2.40. The van der Waals surface area contributed by atoms with E-state index in [2.05, 4.69) is 11.8 Å². The summed E-state index contributed by atoms with van der Waals surface area (Å²) >= 11 is 0. The summed E-state index contributed by atoms with van der Waals surface area (Å²) in [4.78, 5) is 13.9. The first kappa shape index (κ1) is 13.7. The summed E-state index contributed by atoms with van der Waals surface area (Å²) in [5, 5.41) is 0. The second-order valence-electron chi connectivity index (χ2n) is 5.24. The standard InChI is InChI=1S/C15H23N3O/c1-2-6-11-7-3-4-10-18(11)14-12(15(17)19)8-5-9-13(14)16/h5,8-9,11H,2-4,6-7,10,16H2,1H3,(H2,17,19). The molecule has 0 saturated carbocycles. The van der Waals surface area contributed by atoms with Crippen molar-refractivity contribution in [1.29, 1.82) is 0 Å². The molecule has 0 aromatic heterocycles. The Hall–Kier alpha value is -1.71. The van der Waals surface area contributed by atoms with Crippen molar-refractivity contribution >= 4 is 17.3 Å². The molecular formula is C15H23N3O. The first-order valence-corrected chi connectivity index (χ1v) is 7.10. The van der Waals surface area contributed by atoms with Gasteiger partial charge < -0.3 is 16.4 Å². The Kier molecular flexibility index (Phi) is 4.30. The average Bonchev–Trinajstić information content (AvgIpc) is 2.40. The largest absolute Gasteiger partial charge is 0.397 e. The molecule has 1 amide bonds. The minimum Gasteiger partial charge on any atom is -0.397 e. The molecule has 2 rings (SSSR count). The van der Waals surface area contributed by atoms with Crippen LogP contribution in [0.25, 0.3) is 0 Å². The number of carbonyl (C=O) groups is 1. The Morgan fingerprint density at radius 3 is 2.89 bits per heavy atom. The molecule has 0 spiro atoms. The number of para-hydroxylation sites is 1. The van der Waals surface area contributed by atoms with Gasteiger partial charge in [-0.15, -0.1) is 0 Å². The van der Waals surface area contributed by atoms with Gasteiger partial charge in [0.1, 0.15) is 0 Å². The van der Waals surface area contributed by atoms with E-state index in [0.717, 1.165) is 31.5 Å². The highest BCUT2D eigenvalue weighted by molar-refractivity contribution is 6.01. The van der Waals surface area contributed by atoms with Gasteiger partial charge in [0.2, 0.25) is 0 Å². The predicted molar refractivity (Wildman–Crippen MR) is 79.3 cm³/mol. The van der Waals surface area contributed by atoms with Gasteiger partial charge in [0, 0.05) is 12.6 Å². The van der Waals surface area contributed by atoms with Crippen molar-refractivity contribution in [2.75, 3.05) is 17.2 Å². The molecule has 1 saturated heterocycles. The number of rotatable bonds is 4. The van der Waals surface area contributed by atoms with Crippen molar-refractivity contribution in [2.45, 2.75) is 45.1 Å². The summed E-state index contributed by atoms with van der Waals surface area (Å²) in [7, 11) is 0. The van der Waals surface area contributed by atoms with Crippen LogP contribution in [0.4, 0.5) is 11.4 Å². The molecule has 1 fully saturated rings. The summed E-state index contributed by atoms with van der Waals surface area (Å²) in [5.41, 5.74) is 13.6. The monoisotopic (exact) mass is 261 g/mol. The third kappa shape index (κ3) is 2.83. The van der Waals surface area contributed by atoms with Crippen LogP contribution in [0.2, 0.25) is 0 Å². The van der Waals surface area contributed by atoms with Gasteiger partial charge in [-0.2, -0.15) is 0 Å². The van der Waals surface area contributed by atoms with E-state index < -0.39 is 5.91 Å². The number of nitrogens with two attached hydrogens (primary N) is 2. The van der Waals surface area contributed by atoms with Crippen LogP contribution in [-0.4, -0.2) is 18.5 Å². The van der Waals surface area contributed by atoms with Gasteiger partial charge in [-0.3, -0.25) is 4.79 Å². The first-order valence-electron chi connectivity index (χ1n) is 7.10. The maximum atomic E-state index is 11.6. The van der Waals surface area contributed by atoms with Gasteiger partial charge in [0.05, 0.1) is 16.9 Å². The topological polar surface area (TPSA) is 72.3 Å². The Morgan fingerprint density at radius 2 is 2.21 bits per heavy atom. The Morgan fingerprint density at radius 1 is 1.42 bits per heavy atom. The number of anilines is 2. The summed E-state index contributed by atoms with van der Waals surface area (Å²) in [6, 6.07) is 5.88. The van der Waals surface area contributed by atoms with Crippen molar-refractivity contribution in [3.8, 4) is 0 Å². The quantitative estimate of drug-likeness (QED) is 0.818. The average molecular weight is 261 g/mol. The van der Waals surface area contributed by atoms with Crippen LogP contribution in [0.5, 0.6) is 0 Å². The van der Waals surface area contributed by atoms with Crippen LogP contribution in [-0.2, 0) is 0 Å². The van der Waals surface area contributed by atoms with E-state index in [4.69, 9.17) is 11.5 Å². The number of nitrogen functional groups attached to an aromatic ring is 1. The van der Waals surface area contributed by atoms with E-state index >= 15 is 0 Å². The third-order valence-corrected chi connectivity index (χ3v) is 3.87. The molecule has 1 unspecified atom stereocenters. The van der Waals surface area contributed by atoms with E-state index in [9.17, 15) is 4.79 Å². The lowest BCUT2D eigenvalue weighted by Gasteiger charge is -2.39. The SMILES string of the molecule is CCCC1CCCCN1c1c(N)cccc1C(N)=O. The number of carbonyl (C=O) groups excluding carboxylic acids is 1. The highest BCUT2D eigenvalue weighted by Crippen LogP contribution is 2.34. The molecule has 0 aliphatic carbocycles. The van der Waals surface area contributed by atoms with E-state index in [1.807, 2.05) is 6.07 Å². The fourth-order valence-electron chi connectivity index (χ4n) is 3.01. The highest BCUT2D eigenvalue weighted by Gasteiger charge is 2.26. The maximum Gasteiger partial charge on any atom is 0.250 e. The molecule has 1 aliphatic rings. The van der Waals surface area contributed by atoms with Gasteiger partial charge in [-0.25, -0.2) is 0 Å². The smallest absolute Gasteiger partial charge is 0.250 e. The van der Waals surface area contributed by atoms with E-state index in [1.54, 1.807) is 12.1 Å². The molecule has 1 atom stereocenters. The van der Waals surface area contributed by atoms with Gasteiger partial charge >= 0.3 is 0 Å². The first-order chi connectivity index (χ1) is 9.15. The summed E-state index contributed by atoms with van der Waals surface area (Å²) in [5.74, 6) is -0.400. The molecular weight excluding hydrogens is 238 g/mol. The van der Waals surface area contributed by atoms with E-state index in [1.165, 1.54) is 12.8 Å². The van der Waals surface area contributed by atoms with Crippen molar-refractivity contribution < 1.29 is 4.79 Å². The number of hydrogen-bond donors (Lipinski definition) is 2. The van der Waals surface area contributed by atoms with Gasteiger partial charge in [-0.05, 0) is 37.8 Å². The number of amides is 1. The number of piperidine rings is 1. The molecule has 0 bridgehead atoms. The zero-order valence-electron chi connectivity index (χ0n) is 11.6. The molecule has 1 aromatic rings. The second-order valence-corrected chi connectivity index (χ2v) is 5.24. The van der Waals surface area contributed by atoms with Crippen molar-refractivity contribution in [2.24, 2.45) is 5.73 Å². The number of hydrogen-bond acceptors (Lipinski definition) is 3. The Labute approximate surface area is 114 Å². The molecule has 1 heterocycles. The van der Waals surface area contributed by atoms with Crippen LogP contribution in [0.15, 0.2) is 18.2 Å². The molecule has 1 aromatic carbocycles. The van der Waals surface area contributed by atoms with Crippen LogP contribution in [0, 0.1) is 0 Å². The van der Waals surface area contributed by atoms with Gasteiger partial charge in [0.15, 0.2) is 0 Å². The fraction of sp³-hybridized carbons (Fsp3) is 0.533. The zero-order chi connectivity index (χ0) is 13.8. The maximum absolute atomic E-state index is 11.6. The summed E-state index contributed by atoms with van der Waals surface area (Å²) < 4.78 is 0. The minimum atomic E-state index is -0.400. The van der Waals surface area contributed by atoms with E-state index in [0.29, 0.717) is 17.3 Å².